The summed E-state index contributed by atoms with van der Waals surface area (Å²) in [6.07, 6.45) is 2.05. The molecule has 90 valence electrons. The Bertz CT molecular complexity index is 482. The predicted molar refractivity (Wildman–Crippen MR) is 70.2 cm³/mol. The summed E-state index contributed by atoms with van der Waals surface area (Å²) in [4.78, 5) is 1.23. The second-order valence-corrected chi connectivity index (χ2v) is 4.49. The Kier molecular flexibility index (Phi) is 4.12. The highest BCUT2D eigenvalue weighted by Gasteiger charge is 2.01. The molecular weight excluding hydrogens is 234 g/mol. The zero-order valence-electron chi connectivity index (χ0n) is 9.64. The molecule has 0 bridgehead atoms. The quantitative estimate of drug-likeness (QED) is 0.799. The van der Waals surface area contributed by atoms with Gasteiger partial charge in [0, 0.05) is 10.6 Å². The van der Waals surface area contributed by atoms with Crippen LogP contribution >= 0.6 is 11.8 Å². The van der Waals surface area contributed by atoms with Crippen LogP contribution in [0.4, 0.5) is 5.69 Å². The van der Waals surface area contributed by atoms with Crippen molar-refractivity contribution in [2.45, 2.75) is 18.0 Å². The van der Waals surface area contributed by atoms with Crippen LogP contribution in [-0.4, -0.2) is 11.4 Å². The van der Waals surface area contributed by atoms with Gasteiger partial charge in [-0.3, -0.25) is 0 Å². The molecule has 0 fully saturated rings. The van der Waals surface area contributed by atoms with E-state index < -0.39 is 0 Å². The van der Waals surface area contributed by atoms with Gasteiger partial charge in [-0.25, -0.2) is 0 Å². The van der Waals surface area contributed by atoms with E-state index in [2.05, 4.69) is 23.7 Å². The first-order chi connectivity index (χ1) is 8.31. The molecule has 0 amide bonds. The van der Waals surface area contributed by atoms with Gasteiger partial charge in [0.15, 0.2) is 0 Å². The van der Waals surface area contributed by atoms with Crippen LogP contribution in [0.5, 0.6) is 0 Å². The van der Waals surface area contributed by atoms with Gasteiger partial charge in [-0.05, 0) is 36.6 Å². The molecule has 0 unspecified atom stereocenters. The third-order valence-corrected chi connectivity index (χ3v) is 3.13. The van der Waals surface area contributed by atoms with E-state index in [4.69, 9.17) is 9.52 Å². The van der Waals surface area contributed by atoms with E-state index in [0.29, 0.717) is 12.3 Å². The molecule has 0 aliphatic rings. The van der Waals surface area contributed by atoms with Crippen molar-refractivity contribution in [2.24, 2.45) is 0 Å². The van der Waals surface area contributed by atoms with E-state index in [-0.39, 0.29) is 6.61 Å². The number of anilines is 1. The first-order valence-corrected chi connectivity index (χ1v) is 6.60. The van der Waals surface area contributed by atoms with E-state index in [0.717, 1.165) is 11.4 Å². The van der Waals surface area contributed by atoms with E-state index in [1.807, 2.05) is 18.2 Å². The summed E-state index contributed by atoms with van der Waals surface area (Å²) < 4.78 is 5.39. The number of aliphatic hydroxyl groups is 1. The maximum Gasteiger partial charge on any atom is 0.129 e. The van der Waals surface area contributed by atoms with Crippen LogP contribution in [0.2, 0.25) is 0 Å². The number of rotatable bonds is 5. The highest BCUT2D eigenvalue weighted by Crippen LogP contribution is 2.19. The van der Waals surface area contributed by atoms with Crippen molar-refractivity contribution < 1.29 is 9.52 Å². The molecule has 1 heterocycles. The van der Waals surface area contributed by atoms with Crippen molar-refractivity contribution in [2.75, 3.05) is 11.6 Å². The number of furan rings is 1. The molecule has 0 aliphatic carbocycles. The molecule has 1 aromatic carbocycles. The van der Waals surface area contributed by atoms with Crippen LogP contribution in [0, 0.1) is 0 Å². The number of hydrogen-bond acceptors (Lipinski definition) is 4. The maximum absolute atomic E-state index is 8.89. The average molecular weight is 249 g/mol. The first kappa shape index (κ1) is 12.1. The summed E-state index contributed by atoms with van der Waals surface area (Å²) in [6, 6.07) is 11.9. The van der Waals surface area contributed by atoms with Gasteiger partial charge in [0.1, 0.15) is 18.1 Å². The minimum atomic E-state index is -0.0536. The lowest BCUT2D eigenvalue weighted by atomic mass is 10.3. The normalized spacial score (nSPS) is 10.5. The summed E-state index contributed by atoms with van der Waals surface area (Å²) in [7, 11) is 0. The Morgan fingerprint density at radius 2 is 2.06 bits per heavy atom. The molecule has 0 radical (unpaired) electrons. The molecule has 0 saturated heterocycles. The largest absolute Gasteiger partial charge is 0.462 e. The number of hydrogen-bond donors (Lipinski definition) is 2. The molecular formula is C13H15NO2S. The summed E-state index contributed by atoms with van der Waals surface area (Å²) in [5.41, 5.74) is 1.07. The Labute approximate surface area is 105 Å². The zero-order valence-corrected chi connectivity index (χ0v) is 10.5. The van der Waals surface area contributed by atoms with E-state index >= 15 is 0 Å². The van der Waals surface area contributed by atoms with E-state index in [1.165, 1.54) is 4.90 Å². The van der Waals surface area contributed by atoms with Gasteiger partial charge in [-0.2, -0.15) is 0 Å². The molecule has 0 spiro atoms. The topological polar surface area (TPSA) is 45.4 Å². The van der Waals surface area contributed by atoms with Crippen molar-refractivity contribution >= 4 is 17.4 Å². The third-order valence-electron chi connectivity index (χ3n) is 2.41. The van der Waals surface area contributed by atoms with Crippen molar-refractivity contribution in [1.29, 1.82) is 0 Å². The van der Waals surface area contributed by atoms with Crippen LogP contribution in [0.1, 0.15) is 11.5 Å². The second-order valence-electron chi connectivity index (χ2n) is 3.61. The molecule has 0 aliphatic heterocycles. The molecule has 17 heavy (non-hydrogen) atoms. The third kappa shape index (κ3) is 3.28. The zero-order chi connectivity index (χ0) is 12.1. The smallest absolute Gasteiger partial charge is 0.129 e. The summed E-state index contributed by atoms with van der Waals surface area (Å²) in [5, 5.41) is 12.2. The average Bonchev–Trinajstić information content (AvgIpc) is 2.84. The number of thioether (sulfide) groups is 1. The fourth-order valence-corrected chi connectivity index (χ4v) is 1.98. The fourth-order valence-electron chi connectivity index (χ4n) is 1.52. The lowest BCUT2D eigenvalue weighted by molar-refractivity contribution is 0.244. The van der Waals surface area contributed by atoms with Gasteiger partial charge in [-0.15, -0.1) is 11.8 Å². The van der Waals surface area contributed by atoms with Crippen molar-refractivity contribution in [3.05, 3.63) is 47.9 Å². The molecule has 1 aromatic heterocycles. The SMILES string of the molecule is CSc1cccc(NCc2ccc(CO)o2)c1. The summed E-state index contributed by atoms with van der Waals surface area (Å²) >= 11 is 1.72. The van der Waals surface area contributed by atoms with Crippen LogP contribution in [0.15, 0.2) is 45.7 Å². The van der Waals surface area contributed by atoms with Crippen LogP contribution in [-0.2, 0) is 13.2 Å². The molecule has 4 heteroatoms. The molecule has 3 nitrogen and oxygen atoms in total. The van der Waals surface area contributed by atoms with Crippen LogP contribution in [0.3, 0.4) is 0 Å². The number of benzene rings is 1. The minimum absolute atomic E-state index is 0.0536. The lowest BCUT2D eigenvalue weighted by Gasteiger charge is -2.05. The molecule has 2 N–H and O–H groups in total. The molecule has 0 saturated carbocycles. The summed E-state index contributed by atoms with van der Waals surface area (Å²) in [5.74, 6) is 1.42. The van der Waals surface area contributed by atoms with Gasteiger partial charge in [0.2, 0.25) is 0 Å². The van der Waals surface area contributed by atoms with E-state index in [9.17, 15) is 0 Å². The van der Waals surface area contributed by atoms with Gasteiger partial charge in [0.05, 0.1) is 6.54 Å². The van der Waals surface area contributed by atoms with Gasteiger partial charge in [-0.1, -0.05) is 6.07 Å². The lowest BCUT2D eigenvalue weighted by Crippen LogP contribution is -1.97. The van der Waals surface area contributed by atoms with Crippen molar-refractivity contribution in [3.8, 4) is 0 Å². The van der Waals surface area contributed by atoms with Crippen molar-refractivity contribution in [3.63, 3.8) is 0 Å². The Morgan fingerprint density at radius 3 is 2.76 bits per heavy atom. The standard InChI is InChI=1S/C13H15NO2S/c1-17-13-4-2-3-10(7-13)14-8-11-5-6-12(9-15)16-11/h2-7,14-15H,8-9H2,1H3. The van der Waals surface area contributed by atoms with Gasteiger partial charge in [0.25, 0.3) is 0 Å². The van der Waals surface area contributed by atoms with Gasteiger partial charge < -0.3 is 14.8 Å². The molecule has 2 rings (SSSR count). The minimum Gasteiger partial charge on any atom is -0.462 e. The molecule has 2 aromatic rings. The Hall–Kier alpha value is -1.39. The maximum atomic E-state index is 8.89. The number of aliphatic hydroxyl groups excluding tert-OH is 1. The summed E-state index contributed by atoms with van der Waals surface area (Å²) in [6.45, 7) is 0.569. The van der Waals surface area contributed by atoms with Crippen molar-refractivity contribution in [1.82, 2.24) is 0 Å². The Morgan fingerprint density at radius 1 is 1.24 bits per heavy atom. The molecule has 0 atom stereocenters. The van der Waals surface area contributed by atoms with Crippen LogP contribution < -0.4 is 5.32 Å². The monoisotopic (exact) mass is 249 g/mol. The highest BCUT2D eigenvalue weighted by molar-refractivity contribution is 7.98. The highest BCUT2D eigenvalue weighted by atomic mass is 32.2. The van der Waals surface area contributed by atoms with Crippen LogP contribution in [0.25, 0.3) is 0 Å². The second kappa shape index (κ2) is 5.80. The van der Waals surface area contributed by atoms with E-state index in [1.54, 1.807) is 17.8 Å². The first-order valence-electron chi connectivity index (χ1n) is 5.38. The van der Waals surface area contributed by atoms with Gasteiger partial charge >= 0.3 is 0 Å². The number of nitrogens with one attached hydrogen (secondary N) is 1. The Balaban J connectivity index is 1.96. The fraction of sp³-hybridized carbons (Fsp3) is 0.231. The predicted octanol–water partition coefficient (Wildman–Crippen LogP) is 3.11.